The van der Waals surface area contributed by atoms with Crippen molar-refractivity contribution in [1.29, 1.82) is 0 Å². The van der Waals surface area contributed by atoms with Gasteiger partial charge in [-0.15, -0.1) is 0 Å². The Hall–Kier alpha value is -1.29. The van der Waals surface area contributed by atoms with Crippen LogP contribution in [0.15, 0.2) is 22.8 Å². The number of rotatable bonds is 1. The fourth-order valence-electron chi connectivity index (χ4n) is 1.79. The average molecular weight is 194 g/mol. The quantitative estimate of drug-likeness (QED) is 0.710. The number of nitrogens with zero attached hydrogens (tertiary/aromatic N) is 1. The molecule has 1 atom stereocenters. The highest BCUT2D eigenvalue weighted by Crippen LogP contribution is 2.25. The molecule has 4 nitrogen and oxygen atoms in total. The summed E-state index contributed by atoms with van der Waals surface area (Å²) in [6, 6.07) is 3.62. The SMILES string of the molecule is CN1CCNC(C)(c2ccco2)C1=O. The van der Waals surface area contributed by atoms with Gasteiger partial charge in [-0.3, -0.25) is 10.1 Å². The Morgan fingerprint density at radius 1 is 1.64 bits per heavy atom. The van der Waals surface area contributed by atoms with Gasteiger partial charge in [0.15, 0.2) is 5.54 Å². The van der Waals surface area contributed by atoms with Gasteiger partial charge < -0.3 is 9.32 Å². The first-order valence-corrected chi connectivity index (χ1v) is 4.69. The molecule has 76 valence electrons. The van der Waals surface area contributed by atoms with Crippen LogP contribution in [-0.4, -0.2) is 30.9 Å². The maximum atomic E-state index is 11.9. The predicted octanol–water partition coefficient (Wildman–Crippen LogP) is 0.556. The molecule has 0 spiro atoms. The normalized spacial score (nSPS) is 28.1. The van der Waals surface area contributed by atoms with E-state index in [0.717, 1.165) is 13.1 Å². The highest BCUT2D eigenvalue weighted by molar-refractivity contribution is 5.87. The number of furan rings is 1. The lowest BCUT2D eigenvalue weighted by molar-refractivity contribution is -0.140. The van der Waals surface area contributed by atoms with Crippen molar-refractivity contribution in [3.8, 4) is 0 Å². The highest BCUT2D eigenvalue weighted by atomic mass is 16.3. The molecule has 2 heterocycles. The minimum Gasteiger partial charge on any atom is -0.467 e. The predicted molar refractivity (Wildman–Crippen MR) is 51.7 cm³/mol. The lowest BCUT2D eigenvalue weighted by Gasteiger charge is -2.37. The van der Waals surface area contributed by atoms with Crippen LogP contribution >= 0.6 is 0 Å². The van der Waals surface area contributed by atoms with Gasteiger partial charge in [-0.05, 0) is 19.1 Å². The summed E-state index contributed by atoms with van der Waals surface area (Å²) in [5.41, 5.74) is -0.698. The summed E-state index contributed by atoms with van der Waals surface area (Å²) >= 11 is 0. The highest BCUT2D eigenvalue weighted by Gasteiger charge is 2.41. The monoisotopic (exact) mass is 194 g/mol. The molecular weight excluding hydrogens is 180 g/mol. The van der Waals surface area contributed by atoms with Crippen LogP contribution in [0, 0.1) is 0 Å². The van der Waals surface area contributed by atoms with Crippen molar-refractivity contribution >= 4 is 5.91 Å². The number of amides is 1. The molecule has 14 heavy (non-hydrogen) atoms. The molecule has 1 aromatic heterocycles. The number of carbonyl (C=O) groups excluding carboxylic acids is 1. The Morgan fingerprint density at radius 3 is 3.07 bits per heavy atom. The van der Waals surface area contributed by atoms with E-state index in [-0.39, 0.29) is 5.91 Å². The molecule has 1 amide bonds. The standard InChI is InChI=1S/C10H14N2O2/c1-10(8-4-3-7-14-8)9(13)12(2)6-5-11-10/h3-4,7,11H,5-6H2,1-2H3. The van der Waals surface area contributed by atoms with Crippen molar-refractivity contribution in [2.75, 3.05) is 20.1 Å². The smallest absolute Gasteiger partial charge is 0.250 e. The Balaban J connectivity index is 2.35. The second-order valence-electron chi connectivity index (χ2n) is 3.76. The van der Waals surface area contributed by atoms with E-state index in [4.69, 9.17) is 4.42 Å². The van der Waals surface area contributed by atoms with Crippen LogP contribution in [0.1, 0.15) is 12.7 Å². The average Bonchev–Trinajstić information content (AvgIpc) is 2.67. The van der Waals surface area contributed by atoms with Crippen LogP contribution in [0.2, 0.25) is 0 Å². The summed E-state index contributed by atoms with van der Waals surface area (Å²) < 4.78 is 5.28. The zero-order valence-electron chi connectivity index (χ0n) is 8.41. The van der Waals surface area contributed by atoms with Crippen LogP contribution in [0.3, 0.4) is 0 Å². The summed E-state index contributed by atoms with van der Waals surface area (Å²) in [7, 11) is 1.81. The van der Waals surface area contributed by atoms with Gasteiger partial charge in [0.05, 0.1) is 6.26 Å². The molecule has 1 N–H and O–H groups in total. The lowest BCUT2D eigenvalue weighted by atomic mass is 9.95. The Bertz CT molecular complexity index is 334. The zero-order chi connectivity index (χ0) is 10.2. The second kappa shape index (κ2) is 3.13. The first kappa shape index (κ1) is 9.27. The van der Waals surface area contributed by atoms with Gasteiger partial charge in [0.2, 0.25) is 5.91 Å². The van der Waals surface area contributed by atoms with Gasteiger partial charge >= 0.3 is 0 Å². The Labute approximate surface area is 82.9 Å². The minimum atomic E-state index is -0.698. The maximum absolute atomic E-state index is 11.9. The van der Waals surface area contributed by atoms with Crippen LogP contribution in [0.4, 0.5) is 0 Å². The second-order valence-corrected chi connectivity index (χ2v) is 3.76. The van der Waals surface area contributed by atoms with Gasteiger partial charge in [0.1, 0.15) is 5.76 Å². The maximum Gasteiger partial charge on any atom is 0.250 e. The third-order valence-electron chi connectivity index (χ3n) is 2.71. The topological polar surface area (TPSA) is 45.5 Å². The minimum absolute atomic E-state index is 0.0544. The van der Waals surface area contributed by atoms with Crippen molar-refractivity contribution in [2.24, 2.45) is 0 Å². The lowest BCUT2D eigenvalue weighted by Crippen LogP contribution is -2.59. The van der Waals surface area contributed by atoms with Crippen molar-refractivity contribution in [3.63, 3.8) is 0 Å². The van der Waals surface area contributed by atoms with Gasteiger partial charge in [0, 0.05) is 20.1 Å². The summed E-state index contributed by atoms with van der Waals surface area (Å²) in [6.07, 6.45) is 1.59. The van der Waals surface area contributed by atoms with E-state index < -0.39 is 5.54 Å². The number of piperazine rings is 1. The van der Waals surface area contributed by atoms with Gasteiger partial charge in [-0.1, -0.05) is 0 Å². The van der Waals surface area contributed by atoms with Crippen LogP contribution < -0.4 is 5.32 Å². The van der Waals surface area contributed by atoms with Crippen LogP contribution in [0.25, 0.3) is 0 Å². The molecule has 0 saturated carbocycles. The van der Waals surface area contributed by atoms with E-state index in [2.05, 4.69) is 5.32 Å². The first-order chi connectivity index (χ1) is 6.64. The van der Waals surface area contributed by atoms with Gasteiger partial charge in [0.25, 0.3) is 0 Å². The molecule has 0 bridgehead atoms. The molecule has 1 saturated heterocycles. The van der Waals surface area contributed by atoms with Crippen LogP contribution in [-0.2, 0) is 10.3 Å². The Morgan fingerprint density at radius 2 is 2.43 bits per heavy atom. The van der Waals surface area contributed by atoms with Crippen molar-refractivity contribution < 1.29 is 9.21 Å². The number of nitrogens with one attached hydrogen (secondary N) is 1. The van der Waals surface area contributed by atoms with E-state index in [1.54, 1.807) is 17.2 Å². The molecule has 1 unspecified atom stereocenters. The molecule has 1 aromatic rings. The van der Waals surface area contributed by atoms with E-state index in [1.807, 2.05) is 20.0 Å². The molecule has 1 fully saturated rings. The molecule has 4 heteroatoms. The van der Waals surface area contributed by atoms with E-state index in [1.165, 1.54) is 0 Å². The van der Waals surface area contributed by atoms with Gasteiger partial charge in [-0.25, -0.2) is 0 Å². The fourth-order valence-corrected chi connectivity index (χ4v) is 1.79. The van der Waals surface area contributed by atoms with E-state index in [9.17, 15) is 4.79 Å². The summed E-state index contributed by atoms with van der Waals surface area (Å²) in [5, 5.41) is 3.19. The molecule has 0 aliphatic carbocycles. The first-order valence-electron chi connectivity index (χ1n) is 4.69. The van der Waals surface area contributed by atoms with Crippen molar-refractivity contribution in [2.45, 2.75) is 12.5 Å². The molecule has 2 rings (SSSR count). The summed E-state index contributed by atoms with van der Waals surface area (Å²) in [5.74, 6) is 0.729. The number of hydrogen-bond donors (Lipinski definition) is 1. The third-order valence-corrected chi connectivity index (χ3v) is 2.71. The Kier molecular flexibility index (Phi) is 2.07. The van der Waals surface area contributed by atoms with E-state index in [0.29, 0.717) is 5.76 Å². The number of carbonyl (C=O) groups is 1. The molecule has 1 aliphatic heterocycles. The third kappa shape index (κ3) is 1.23. The summed E-state index contributed by atoms with van der Waals surface area (Å²) in [6.45, 7) is 3.39. The summed E-state index contributed by atoms with van der Waals surface area (Å²) in [4.78, 5) is 13.7. The van der Waals surface area contributed by atoms with Crippen molar-refractivity contribution in [3.05, 3.63) is 24.2 Å². The molecule has 0 radical (unpaired) electrons. The van der Waals surface area contributed by atoms with Crippen LogP contribution in [0.5, 0.6) is 0 Å². The van der Waals surface area contributed by atoms with E-state index >= 15 is 0 Å². The van der Waals surface area contributed by atoms with Gasteiger partial charge in [-0.2, -0.15) is 0 Å². The largest absolute Gasteiger partial charge is 0.467 e. The number of likely N-dealkylation sites (N-methyl/N-ethyl adjacent to an activating group) is 1. The zero-order valence-corrected chi connectivity index (χ0v) is 8.41. The fraction of sp³-hybridized carbons (Fsp3) is 0.500. The van der Waals surface area contributed by atoms with Crippen molar-refractivity contribution in [1.82, 2.24) is 10.2 Å². The molecule has 0 aromatic carbocycles. The molecular formula is C10H14N2O2. The number of hydrogen-bond acceptors (Lipinski definition) is 3. The molecule has 1 aliphatic rings.